The van der Waals surface area contributed by atoms with Crippen molar-refractivity contribution in [3.05, 3.63) is 38.5 Å². The number of hydrogen-bond donors (Lipinski definition) is 4. The molecule has 0 spiro atoms. The van der Waals surface area contributed by atoms with Crippen molar-refractivity contribution in [2.45, 2.75) is 12.4 Å². The maximum absolute atomic E-state index is 12.7. The molecule has 0 bridgehead atoms. The van der Waals surface area contributed by atoms with Gasteiger partial charge in [-0.2, -0.15) is 10.5 Å². The average molecular weight is 514 g/mol. The number of pyridine rings is 1. The van der Waals surface area contributed by atoms with Crippen molar-refractivity contribution < 1.29 is 17.9 Å². The van der Waals surface area contributed by atoms with E-state index in [4.69, 9.17) is 16.7 Å². The number of benzene rings is 1. The summed E-state index contributed by atoms with van der Waals surface area (Å²) in [7, 11) is 0. The Balaban J connectivity index is 2.20. The molecule has 1 aromatic heterocycles. The van der Waals surface area contributed by atoms with Crippen LogP contribution in [0.15, 0.2) is 23.2 Å². The number of fused-ring (bicyclic) bond motifs is 1. The fourth-order valence-corrected chi connectivity index (χ4v) is 3.16. The van der Waals surface area contributed by atoms with Crippen molar-refractivity contribution in [1.29, 1.82) is 10.5 Å². The van der Waals surface area contributed by atoms with Crippen LogP contribution >= 0.6 is 22.6 Å². The minimum absolute atomic E-state index is 0.0159. The van der Waals surface area contributed by atoms with Crippen LogP contribution in [0.4, 0.5) is 30.5 Å². The van der Waals surface area contributed by atoms with Crippen LogP contribution in [0.1, 0.15) is 22.7 Å². The van der Waals surface area contributed by atoms with Crippen molar-refractivity contribution in [3.8, 4) is 18.0 Å². The summed E-state index contributed by atoms with van der Waals surface area (Å²) in [6.07, 6.45) is -3.20. The highest BCUT2D eigenvalue weighted by atomic mass is 127. The van der Waals surface area contributed by atoms with Gasteiger partial charge < -0.3 is 21.5 Å². The Hall–Kier alpha value is -3.46. The summed E-state index contributed by atoms with van der Waals surface area (Å²) < 4.78 is 42.4. The largest absolute Gasteiger partial charge is 0.573 e. The second-order valence-corrected chi connectivity index (χ2v) is 6.80. The molecule has 148 valence electrons. The topological polar surface area (TPSA) is 158 Å². The van der Waals surface area contributed by atoms with Crippen LogP contribution in [-0.4, -0.2) is 17.3 Å². The maximum Gasteiger partial charge on any atom is 0.573 e. The molecule has 0 fully saturated rings. The number of hydrogen-bond acceptors (Lipinski definition) is 9. The number of anilines is 3. The highest BCUT2D eigenvalue weighted by Crippen LogP contribution is 2.42. The summed E-state index contributed by atoms with van der Waals surface area (Å²) in [5, 5.41) is 23.2. The molecule has 1 aromatic carbocycles. The average Bonchev–Trinajstić information content (AvgIpc) is 2.62. The Morgan fingerprint density at radius 2 is 2.00 bits per heavy atom. The number of nitrogens with zero attached hydrogens (tertiary/aromatic N) is 4. The summed E-state index contributed by atoms with van der Waals surface area (Å²) in [5.74, 6) is -0.466. The van der Waals surface area contributed by atoms with E-state index in [0.717, 1.165) is 6.07 Å². The van der Waals surface area contributed by atoms with Gasteiger partial charge in [0.2, 0.25) is 5.96 Å². The third-order valence-corrected chi connectivity index (χ3v) is 4.75. The number of ether oxygens (including phenoxy) is 1. The Kier molecular flexibility index (Phi) is 5.25. The molecule has 2 heterocycles. The lowest BCUT2D eigenvalue weighted by Crippen LogP contribution is -2.32. The predicted molar refractivity (Wildman–Crippen MR) is 105 cm³/mol. The summed E-state index contributed by atoms with van der Waals surface area (Å²) in [5.41, 5.74) is 12.2. The van der Waals surface area contributed by atoms with Crippen LogP contribution in [0.2, 0.25) is 0 Å². The van der Waals surface area contributed by atoms with Crippen LogP contribution in [0.25, 0.3) is 0 Å². The lowest BCUT2D eigenvalue weighted by Gasteiger charge is -2.26. The predicted octanol–water partition coefficient (Wildman–Crippen LogP) is 2.56. The van der Waals surface area contributed by atoms with E-state index in [1.807, 2.05) is 6.07 Å². The number of nitrogen functional groups attached to an aromatic ring is 2. The summed E-state index contributed by atoms with van der Waals surface area (Å²) in [6.45, 7) is 0. The molecule has 0 saturated carbocycles. The Morgan fingerprint density at radius 3 is 2.62 bits per heavy atom. The quantitative estimate of drug-likeness (QED) is 0.271. The molecule has 9 nitrogen and oxygen atoms in total. The first-order chi connectivity index (χ1) is 13.6. The number of nitrogens with one attached hydrogen (secondary N) is 2. The van der Waals surface area contributed by atoms with Gasteiger partial charge >= 0.3 is 6.36 Å². The molecule has 13 heteroatoms. The van der Waals surface area contributed by atoms with Gasteiger partial charge in [0.15, 0.2) is 6.19 Å². The second kappa shape index (κ2) is 7.51. The minimum atomic E-state index is -4.88. The van der Waals surface area contributed by atoms with Crippen LogP contribution in [-0.2, 0) is 0 Å². The molecule has 1 aliphatic heterocycles. The van der Waals surface area contributed by atoms with Crippen molar-refractivity contribution in [2.75, 3.05) is 16.8 Å². The van der Waals surface area contributed by atoms with Crippen molar-refractivity contribution in [3.63, 3.8) is 0 Å². The molecule has 0 radical (unpaired) electrons. The molecule has 0 amide bonds. The van der Waals surface area contributed by atoms with E-state index in [1.165, 1.54) is 12.1 Å². The molecule has 2 aromatic rings. The number of nitrogens with two attached hydrogens (primary N) is 2. The molecule has 0 saturated heterocycles. The third-order valence-electron chi connectivity index (χ3n) is 3.85. The first-order valence-electron chi connectivity index (χ1n) is 7.68. The molecule has 1 aliphatic rings. The van der Waals surface area contributed by atoms with Crippen LogP contribution in [0.5, 0.6) is 5.75 Å². The van der Waals surface area contributed by atoms with Crippen LogP contribution in [0, 0.1) is 26.4 Å². The lowest BCUT2D eigenvalue weighted by atomic mass is 9.95. The van der Waals surface area contributed by atoms with Gasteiger partial charge in [0.05, 0.1) is 9.26 Å². The normalized spacial score (nSPS) is 15.2. The number of nitriles is 2. The van der Waals surface area contributed by atoms with Gasteiger partial charge in [0.25, 0.3) is 0 Å². The zero-order valence-electron chi connectivity index (χ0n) is 14.2. The fourth-order valence-electron chi connectivity index (χ4n) is 2.72. The van der Waals surface area contributed by atoms with E-state index in [2.05, 4.69) is 25.3 Å². The van der Waals surface area contributed by atoms with Crippen molar-refractivity contribution in [1.82, 2.24) is 10.3 Å². The first-order valence-corrected chi connectivity index (χ1v) is 8.76. The van der Waals surface area contributed by atoms with E-state index in [0.29, 0.717) is 0 Å². The van der Waals surface area contributed by atoms with Gasteiger partial charge in [-0.3, -0.25) is 5.32 Å². The number of guanidine groups is 1. The molecule has 0 aliphatic carbocycles. The first kappa shape index (κ1) is 20.3. The van der Waals surface area contributed by atoms with Gasteiger partial charge in [-0.1, -0.05) is 6.07 Å². The number of rotatable bonds is 2. The Bertz CT molecular complexity index is 1100. The van der Waals surface area contributed by atoms with Crippen LogP contribution in [0.3, 0.4) is 0 Å². The fraction of sp³-hybridized carbons (Fsp3) is 0.125. The van der Waals surface area contributed by atoms with E-state index < -0.39 is 18.2 Å². The van der Waals surface area contributed by atoms with E-state index in [1.54, 1.807) is 28.8 Å². The van der Waals surface area contributed by atoms with Crippen molar-refractivity contribution in [2.24, 2.45) is 4.99 Å². The van der Waals surface area contributed by atoms with Gasteiger partial charge in [-0.25, -0.2) is 9.98 Å². The number of aliphatic imine (C=N–C) groups is 1. The monoisotopic (exact) mass is 514 g/mol. The number of aromatic nitrogens is 1. The molecule has 1 atom stereocenters. The molecular weight excluding hydrogens is 504 g/mol. The number of halogens is 4. The van der Waals surface area contributed by atoms with Gasteiger partial charge in [0.1, 0.15) is 35.1 Å². The zero-order chi connectivity index (χ0) is 21.3. The SMILES string of the molecule is N#CNC1=NC(c2ccc(I)c(OC(F)(F)F)c2)c2c(nc(N)c(C#N)c2N)N1. The Labute approximate surface area is 175 Å². The molecular formula is C16H10F3IN8O. The molecule has 3 rings (SSSR count). The Morgan fingerprint density at radius 1 is 1.28 bits per heavy atom. The van der Waals surface area contributed by atoms with Crippen molar-refractivity contribution >= 4 is 45.9 Å². The third kappa shape index (κ3) is 4.04. The summed E-state index contributed by atoms with van der Waals surface area (Å²) >= 11 is 1.70. The van der Waals surface area contributed by atoms with Gasteiger partial charge in [-0.05, 0) is 40.3 Å². The number of alkyl halides is 3. The van der Waals surface area contributed by atoms with Gasteiger partial charge in [-0.15, -0.1) is 13.2 Å². The summed E-state index contributed by atoms with van der Waals surface area (Å²) in [6, 6.07) is 4.96. The van der Waals surface area contributed by atoms with E-state index in [9.17, 15) is 18.4 Å². The van der Waals surface area contributed by atoms with E-state index in [-0.39, 0.29) is 43.5 Å². The highest BCUT2D eigenvalue weighted by Gasteiger charge is 2.34. The second-order valence-electron chi connectivity index (χ2n) is 5.64. The van der Waals surface area contributed by atoms with E-state index >= 15 is 0 Å². The maximum atomic E-state index is 12.7. The van der Waals surface area contributed by atoms with Gasteiger partial charge in [0, 0.05) is 5.56 Å². The summed E-state index contributed by atoms with van der Waals surface area (Å²) in [4.78, 5) is 8.35. The molecule has 29 heavy (non-hydrogen) atoms. The molecule has 1 unspecified atom stereocenters. The zero-order valence-corrected chi connectivity index (χ0v) is 16.3. The highest BCUT2D eigenvalue weighted by molar-refractivity contribution is 14.1. The standard InChI is InChI=1S/C16H10F3IN8O/c17-16(18,19)29-9-3-6(1-2-8(9)20)12-10-11(23)7(4-21)13(24)27-14(10)28-15(26-12)25-5-22/h1-3,12H,(H6,23,24,25,26,27,28). The smallest absolute Gasteiger partial charge is 0.405 e. The minimum Gasteiger partial charge on any atom is -0.405 e. The van der Waals surface area contributed by atoms with Crippen LogP contribution < -0.4 is 26.8 Å². The molecule has 6 N–H and O–H groups in total. The lowest BCUT2D eigenvalue weighted by molar-refractivity contribution is -0.275.